The normalized spacial score (nSPS) is 20.9. The molecule has 1 fully saturated rings. The van der Waals surface area contributed by atoms with Gasteiger partial charge in [-0.3, -0.25) is 0 Å². The first-order chi connectivity index (χ1) is 9.45. The molecule has 0 aromatic carbocycles. The fraction of sp³-hybridized carbons (Fsp3) is 0.812. The van der Waals surface area contributed by atoms with E-state index < -0.39 is 0 Å². The summed E-state index contributed by atoms with van der Waals surface area (Å²) in [6, 6.07) is 0.181. The predicted molar refractivity (Wildman–Crippen MR) is 87.4 cm³/mol. The first-order valence-electron chi connectivity index (χ1n) is 7.81. The molecule has 1 aromatic heterocycles. The van der Waals surface area contributed by atoms with Crippen LogP contribution in [0.5, 0.6) is 0 Å². The molecule has 4 heteroatoms. The Labute approximate surface area is 127 Å². The highest BCUT2D eigenvalue weighted by Gasteiger charge is 2.39. The Morgan fingerprint density at radius 1 is 1.20 bits per heavy atom. The van der Waals surface area contributed by atoms with E-state index in [-0.39, 0.29) is 11.6 Å². The Morgan fingerprint density at radius 3 is 2.25 bits per heavy atom. The molecule has 3 nitrogen and oxygen atoms in total. The molecule has 1 aromatic rings. The molecular weight excluding hydrogens is 266 g/mol. The van der Waals surface area contributed by atoms with E-state index in [0.29, 0.717) is 0 Å². The first kappa shape index (κ1) is 15.9. The minimum Gasteiger partial charge on any atom is -0.326 e. The van der Waals surface area contributed by atoms with Crippen LogP contribution in [-0.2, 0) is 6.42 Å². The zero-order chi connectivity index (χ0) is 14.8. The van der Waals surface area contributed by atoms with Crippen molar-refractivity contribution >= 4 is 11.3 Å². The lowest BCUT2D eigenvalue weighted by Gasteiger charge is -2.44. The molecule has 0 spiro atoms. The van der Waals surface area contributed by atoms with Gasteiger partial charge in [0.2, 0.25) is 0 Å². The van der Waals surface area contributed by atoms with Gasteiger partial charge in [0.25, 0.3) is 0 Å². The van der Waals surface area contributed by atoms with Crippen molar-refractivity contribution in [3.8, 4) is 0 Å². The van der Waals surface area contributed by atoms with Crippen LogP contribution < -0.4 is 5.73 Å². The molecule has 0 amide bonds. The molecule has 0 saturated heterocycles. The molecule has 1 unspecified atom stereocenters. The molecule has 20 heavy (non-hydrogen) atoms. The van der Waals surface area contributed by atoms with E-state index in [9.17, 15) is 0 Å². The van der Waals surface area contributed by atoms with Crippen LogP contribution in [0.3, 0.4) is 0 Å². The number of hydrogen-bond donors (Lipinski definition) is 1. The summed E-state index contributed by atoms with van der Waals surface area (Å²) in [5.74, 6) is 0. The van der Waals surface area contributed by atoms with Crippen molar-refractivity contribution in [3.05, 3.63) is 15.6 Å². The maximum Gasteiger partial charge on any atom is 0.0947 e. The van der Waals surface area contributed by atoms with Crippen molar-refractivity contribution in [2.75, 3.05) is 14.1 Å². The lowest BCUT2D eigenvalue weighted by molar-refractivity contribution is 0.0967. The average molecular weight is 295 g/mol. The maximum absolute atomic E-state index is 6.67. The largest absolute Gasteiger partial charge is 0.326 e. The third kappa shape index (κ3) is 3.23. The highest BCUT2D eigenvalue weighted by Crippen LogP contribution is 2.35. The fourth-order valence-corrected chi connectivity index (χ4v) is 4.49. The summed E-state index contributed by atoms with van der Waals surface area (Å²) in [6.45, 7) is 4.24. The lowest BCUT2D eigenvalue weighted by atomic mass is 9.80. The third-order valence-electron chi connectivity index (χ3n) is 5.02. The minimum absolute atomic E-state index is 0.157. The summed E-state index contributed by atoms with van der Waals surface area (Å²) < 4.78 is 0. The van der Waals surface area contributed by atoms with E-state index in [2.05, 4.69) is 37.8 Å². The Kier molecular flexibility index (Phi) is 5.21. The Balaban J connectivity index is 2.15. The highest BCUT2D eigenvalue weighted by molar-refractivity contribution is 7.11. The molecule has 1 aliphatic rings. The molecule has 2 N–H and O–H groups in total. The summed E-state index contributed by atoms with van der Waals surface area (Å²) >= 11 is 1.81. The zero-order valence-electron chi connectivity index (χ0n) is 13.4. The summed E-state index contributed by atoms with van der Waals surface area (Å²) in [4.78, 5) is 8.39. The van der Waals surface area contributed by atoms with Gasteiger partial charge in [0, 0.05) is 22.9 Å². The molecule has 1 aliphatic carbocycles. The maximum atomic E-state index is 6.67. The molecule has 114 valence electrons. The number of nitrogens with two attached hydrogens (primary N) is 1. The van der Waals surface area contributed by atoms with Crippen LogP contribution in [0.2, 0.25) is 0 Å². The second-order valence-electron chi connectivity index (χ2n) is 6.47. The fourth-order valence-electron chi connectivity index (χ4n) is 3.50. The highest BCUT2D eigenvalue weighted by atomic mass is 32.1. The monoisotopic (exact) mass is 295 g/mol. The van der Waals surface area contributed by atoms with E-state index in [1.54, 1.807) is 0 Å². The SMILES string of the molecule is Cc1nc(CC(N)C2(N(C)C)CCCCCC2)sc1C. The lowest BCUT2D eigenvalue weighted by Crippen LogP contribution is -2.58. The van der Waals surface area contributed by atoms with Gasteiger partial charge in [-0.05, 0) is 40.8 Å². The van der Waals surface area contributed by atoms with Crippen molar-refractivity contribution < 1.29 is 0 Å². The van der Waals surface area contributed by atoms with Crippen LogP contribution in [0.1, 0.15) is 54.1 Å². The average Bonchev–Trinajstić information content (AvgIpc) is 2.61. The summed E-state index contributed by atoms with van der Waals surface area (Å²) in [5.41, 5.74) is 7.99. The van der Waals surface area contributed by atoms with Gasteiger partial charge in [0.15, 0.2) is 0 Å². The molecule has 2 rings (SSSR count). The molecule has 1 saturated carbocycles. The number of hydrogen-bond acceptors (Lipinski definition) is 4. The molecule has 1 heterocycles. The van der Waals surface area contributed by atoms with Gasteiger partial charge >= 0.3 is 0 Å². The number of rotatable bonds is 4. The van der Waals surface area contributed by atoms with Crippen LogP contribution in [0, 0.1) is 13.8 Å². The van der Waals surface area contributed by atoms with Crippen molar-refractivity contribution in [1.82, 2.24) is 9.88 Å². The smallest absolute Gasteiger partial charge is 0.0947 e. The number of aryl methyl sites for hydroxylation is 2. The quantitative estimate of drug-likeness (QED) is 0.867. The number of thiazole rings is 1. The topological polar surface area (TPSA) is 42.1 Å². The molecule has 0 aliphatic heterocycles. The van der Waals surface area contributed by atoms with Crippen LogP contribution in [0.4, 0.5) is 0 Å². The zero-order valence-corrected chi connectivity index (χ0v) is 14.2. The molecule has 0 radical (unpaired) electrons. The summed E-state index contributed by atoms with van der Waals surface area (Å²) in [7, 11) is 4.40. The Bertz CT molecular complexity index is 411. The van der Waals surface area contributed by atoms with Crippen molar-refractivity contribution in [2.24, 2.45) is 5.73 Å². The van der Waals surface area contributed by atoms with E-state index in [1.165, 1.54) is 48.4 Å². The van der Waals surface area contributed by atoms with Crippen molar-refractivity contribution in [3.63, 3.8) is 0 Å². The second-order valence-corrected chi connectivity index (χ2v) is 7.76. The standard InChI is InChI=1S/C16H29N3S/c1-12-13(2)20-15(18-12)11-14(17)16(19(3)4)9-7-5-6-8-10-16/h14H,5-11,17H2,1-4H3. The predicted octanol–water partition coefficient (Wildman–Crippen LogP) is 3.28. The van der Waals surface area contributed by atoms with Gasteiger partial charge in [-0.25, -0.2) is 4.98 Å². The van der Waals surface area contributed by atoms with Gasteiger partial charge < -0.3 is 10.6 Å². The Hall–Kier alpha value is -0.450. The van der Waals surface area contributed by atoms with Gasteiger partial charge in [0.1, 0.15) is 0 Å². The van der Waals surface area contributed by atoms with Crippen LogP contribution >= 0.6 is 11.3 Å². The van der Waals surface area contributed by atoms with Crippen LogP contribution in [0.15, 0.2) is 0 Å². The number of likely N-dealkylation sites (N-methyl/N-ethyl adjacent to an activating group) is 1. The van der Waals surface area contributed by atoms with E-state index >= 15 is 0 Å². The summed E-state index contributed by atoms with van der Waals surface area (Å²) in [6.07, 6.45) is 8.70. The molecular formula is C16H29N3S. The van der Waals surface area contributed by atoms with Crippen molar-refractivity contribution in [1.29, 1.82) is 0 Å². The number of aromatic nitrogens is 1. The van der Waals surface area contributed by atoms with Gasteiger partial charge in [0.05, 0.1) is 10.7 Å². The van der Waals surface area contributed by atoms with Crippen LogP contribution in [0.25, 0.3) is 0 Å². The first-order valence-corrected chi connectivity index (χ1v) is 8.63. The van der Waals surface area contributed by atoms with E-state index in [0.717, 1.165) is 12.1 Å². The second kappa shape index (κ2) is 6.54. The van der Waals surface area contributed by atoms with Crippen LogP contribution in [-0.4, -0.2) is 35.6 Å². The van der Waals surface area contributed by atoms with E-state index in [1.807, 2.05) is 11.3 Å². The van der Waals surface area contributed by atoms with Gasteiger partial charge in [-0.1, -0.05) is 25.7 Å². The van der Waals surface area contributed by atoms with E-state index in [4.69, 9.17) is 5.73 Å². The Morgan fingerprint density at radius 2 is 1.80 bits per heavy atom. The minimum atomic E-state index is 0.157. The molecule has 1 atom stereocenters. The molecule has 0 bridgehead atoms. The summed E-state index contributed by atoms with van der Waals surface area (Å²) in [5, 5.41) is 1.21. The van der Waals surface area contributed by atoms with Gasteiger partial charge in [-0.15, -0.1) is 11.3 Å². The third-order valence-corrected chi connectivity index (χ3v) is 6.11. The van der Waals surface area contributed by atoms with Crippen molar-refractivity contribution in [2.45, 2.75) is 70.4 Å². The van der Waals surface area contributed by atoms with Gasteiger partial charge in [-0.2, -0.15) is 0 Å². The number of nitrogens with zero attached hydrogens (tertiary/aromatic N) is 2.